The van der Waals surface area contributed by atoms with Crippen LogP contribution in [0.25, 0.3) is 22.1 Å². The molecule has 3 aromatic rings. The van der Waals surface area contributed by atoms with Crippen molar-refractivity contribution in [2.75, 3.05) is 6.54 Å². The summed E-state index contributed by atoms with van der Waals surface area (Å²) in [5.74, 6) is 0.626. The molecule has 1 fully saturated rings. The van der Waals surface area contributed by atoms with Crippen molar-refractivity contribution in [2.24, 2.45) is 5.92 Å². The number of aromatic nitrogens is 1. The Morgan fingerprint density at radius 2 is 1.73 bits per heavy atom. The van der Waals surface area contributed by atoms with Crippen LogP contribution in [0.5, 0.6) is 0 Å². The van der Waals surface area contributed by atoms with Gasteiger partial charge in [0.05, 0.1) is 16.2 Å². The van der Waals surface area contributed by atoms with Crippen LogP contribution >= 0.6 is 0 Å². The predicted octanol–water partition coefficient (Wildman–Crippen LogP) is 5.53. The first kappa shape index (κ1) is 27.5. The van der Waals surface area contributed by atoms with Crippen molar-refractivity contribution in [3.63, 3.8) is 0 Å². The summed E-state index contributed by atoms with van der Waals surface area (Å²) in [6, 6.07) is 11.6. The molecule has 7 nitrogen and oxygen atoms in total. The number of aliphatic hydroxyl groups is 1. The number of hydrogen-bond acceptors (Lipinski definition) is 5. The number of benzene rings is 2. The van der Waals surface area contributed by atoms with Gasteiger partial charge in [-0.05, 0) is 69.9 Å². The zero-order chi connectivity index (χ0) is 26.8. The number of amides is 1. The highest BCUT2D eigenvalue weighted by atomic mass is 32.2. The fraction of sp³-hybridized carbons (Fsp3) is 0.517. The fourth-order valence-corrected chi connectivity index (χ4v) is 6.03. The molecule has 1 amide bonds. The monoisotopic (exact) mass is 525 g/mol. The Kier molecular flexibility index (Phi) is 8.21. The summed E-state index contributed by atoms with van der Waals surface area (Å²) in [4.78, 5) is 18.3. The summed E-state index contributed by atoms with van der Waals surface area (Å²) < 4.78 is 22.5. The molecule has 0 aliphatic heterocycles. The second kappa shape index (κ2) is 11.1. The van der Waals surface area contributed by atoms with Gasteiger partial charge in [-0.15, -0.1) is 0 Å². The van der Waals surface area contributed by atoms with E-state index in [1.807, 2.05) is 57.2 Å². The Bertz CT molecular complexity index is 1280. The number of oxazole rings is 1. The lowest BCUT2D eigenvalue weighted by Gasteiger charge is -2.21. The zero-order valence-corrected chi connectivity index (χ0v) is 23.3. The van der Waals surface area contributed by atoms with E-state index in [4.69, 9.17) is 4.42 Å². The molecular formula is C29H39N3O4S. The van der Waals surface area contributed by atoms with Crippen LogP contribution in [0, 0.1) is 5.92 Å². The molecule has 8 heteroatoms. The number of nitrogens with one attached hydrogen (secondary N) is 2. The van der Waals surface area contributed by atoms with E-state index in [9.17, 15) is 14.1 Å². The predicted molar refractivity (Wildman–Crippen MR) is 148 cm³/mol. The number of hydrogen-bond donors (Lipinski definition) is 3. The van der Waals surface area contributed by atoms with Crippen molar-refractivity contribution in [1.29, 1.82) is 0 Å². The van der Waals surface area contributed by atoms with Gasteiger partial charge in [0.15, 0.2) is 5.76 Å². The highest BCUT2D eigenvalue weighted by molar-refractivity contribution is 7.83. The molecule has 4 rings (SSSR count). The minimum absolute atomic E-state index is 0.00353. The third kappa shape index (κ3) is 7.06. The Morgan fingerprint density at radius 1 is 1.05 bits per heavy atom. The third-order valence-corrected chi connectivity index (χ3v) is 8.06. The molecule has 1 aromatic heterocycles. The molecule has 200 valence electrons. The molecule has 1 saturated carbocycles. The maximum atomic E-state index is 13.2. The van der Waals surface area contributed by atoms with Crippen LogP contribution in [-0.2, 0) is 17.4 Å². The van der Waals surface area contributed by atoms with E-state index in [2.05, 4.69) is 15.0 Å². The topological polar surface area (TPSA) is 104 Å². The first-order valence-electron chi connectivity index (χ1n) is 13.1. The van der Waals surface area contributed by atoms with Gasteiger partial charge in [-0.2, -0.15) is 0 Å². The molecule has 2 aromatic carbocycles. The molecule has 3 N–H and O–H groups in total. The van der Waals surface area contributed by atoms with Crippen LogP contribution < -0.4 is 10.0 Å². The number of fused-ring (bicyclic) bond motifs is 1. The van der Waals surface area contributed by atoms with Crippen LogP contribution in [-0.4, -0.2) is 37.9 Å². The number of nitrogens with zero attached hydrogens (tertiary/aromatic N) is 1. The lowest BCUT2D eigenvalue weighted by molar-refractivity contribution is 0.0678. The van der Waals surface area contributed by atoms with Crippen LogP contribution in [0.1, 0.15) is 83.1 Å². The van der Waals surface area contributed by atoms with Gasteiger partial charge >= 0.3 is 5.91 Å². The quantitative estimate of drug-likeness (QED) is 0.359. The SMILES string of the molecule is CC(C)(O)CNC(=O)c1nc(CC2CCCCC2)c(-c2ccc(S(=O)NC(C)(C)C)c3ccccc23)o1. The number of rotatable bonds is 8. The van der Waals surface area contributed by atoms with Gasteiger partial charge in [-0.3, -0.25) is 4.79 Å². The van der Waals surface area contributed by atoms with E-state index in [-0.39, 0.29) is 18.0 Å². The standard InChI is InChI=1S/C29H39N3O4S/c1-28(2,3)32-37(35)24-16-15-22(20-13-9-10-14-21(20)24)25-23(17-19-11-7-6-8-12-19)31-27(36-25)26(33)30-18-29(4,5)34/h9-10,13-16,19,32,34H,6-8,11-12,17-18H2,1-5H3,(H,30,33). The zero-order valence-electron chi connectivity index (χ0n) is 22.5. The molecule has 37 heavy (non-hydrogen) atoms. The summed E-state index contributed by atoms with van der Waals surface area (Å²) in [5, 5.41) is 14.5. The summed E-state index contributed by atoms with van der Waals surface area (Å²) in [5.41, 5.74) is 0.242. The number of carbonyl (C=O) groups excluding carboxylic acids is 1. The molecule has 0 spiro atoms. The second-order valence-electron chi connectivity index (χ2n) is 11.8. The van der Waals surface area contributed by atoms with Gasteiger partial charge in [0.25, 0.3) is 5.89 Å². The van der Waals surface area contributed by atoms with E-state index >= 15 is 0 Å². The average molecular weight is 526 g/mol. The van der Waals surface area contributed by atoms with Crippen LogP contribution in [0.15, 0.2) is 45.7 Å². The average Bonchev–Trinajstić information content (AvgIpc) is 3.24. The number of carbonyl (C=O) groups is 1. The summed E-state index contributed by atoms with van der Waals surface area (Å²) in [6.45, 7) is 9.31. The van der Waals surface area contributed by atoms with Crippen molar-refractivity contribution in [2.45, 2.75) is 89.2 Å². The molecule has 1 aliphatic rings. The Balaban J connectivity index is 1.77. The molecule has 1 unspecified atom stereocenters. The molecular weight excluding hydrogens is 486 g/mol. The second-order valence-corrected chi connectivity index (χ2v) is 13.0. The minimum atomic E-state index is -1.40. The molecule has 0 bridgehead atoms. The van der Waals surface area contributed by atoms with Gasteiger partial charge in [0, 0.05) is 17.6 Å². The molecule has 1 aliphatic carbocycles. The van der Waals surface area contributed by atoms with Crippen molar-refractivity contribution >= 4 is 27.7 Å². The van der Waals surface area contributed by atoms with E-state index in [1.165, 1.54) is 19.3 Å². The van der Waals surface area contributed by atoms with Gasteiger partial charge in [-0.25, -0.2) is 13.9 Å². The van der Waals surface area contributed by atoms with Gasteiger partial charge < -0.3 is 14.8 Å². The van der Waals surface area contributed by atoms with Gasteiger partial charge in [0.1, 0.15) is 11.0 Å². The summed E-state index contributed by atoms with van der Waals surface area (Å²) in [7, 11) is -1.40. The van der Waals surface area contributed by atoms with Gasteiger partial charge in [-0.1, -0.05) is 56.4 Å². The van der Waals surface area contributed by atoms with E-state index in [0.29, 0.717) is 16.6 Å². The van der Waals surface area contributed by atoms with E-state index in [0.717, 1.165) is 41.3 Å². The largest absolute Gasteiger partial charge is 0.432 e. The summed E-state index contributed by atoms with van der Waals surface area (Å²) >= 11 is 0. The molecule has 1 heterocycles. The normalized spacial score (nSPS) is 16.2. The molecule has 0 saturated heterocycles. The Hall–Kier alpha value is -2.55. The van der Waals surface area contributed by atoms with Gasteiger partial charge in [0.2, 0.25) is 0 Å². The first-order chi connectivity index (χ1) is 17.4. The van der Waals surface area contributed by atoms with Crippen molar-refractivity contribution in [1.82, 2.24) is 15.0 Å². The Labute approximate surface area is 222 Å². The highest BCUT2D eigenvalue weighted by Crippen LogP contribution is 2.37. The highest BCUT2D eigenvalue weighted by Gasteiger charge is 2.26. The van der Waals surface area contributed by atoms with Crippen LogP contribution in [0.4, 0.5) is 0 Å². The maximum absolute atomic E-state index is 13.2. The van der Waals surface area contributed by atoms with Crippen LogP contribution in [0.3, 0.4) is 0 Å². The molecule has 1 atom stereocenters. The lowest BCUT2D eigenvalue weighted by Crippen LogP contribution is -2.38. The maximum Gasteiger partial charge on any atom is 0.307 e. The van der Waals surface area contributed by atoms with Crippen molar-refractivity contribution in [3.05, 3.63) is 48.0 Å². The summed E-state index contributed by atoms with van der Waals surface area (Å²) in [6.07, 6.45) is 6.71. The Morgan fingerprint density at radius 3 is 2.38 bits per heavy atom. The lowest BCUT2D eigenvalue weighted by atomic mass is 9.85. The minimum Gasteiger partial charge on any atom is -0.432 e. The van der Waals surface area contributed by atoms with E-state index < -0.39 is 22.5 Å². The van der Waals surface area contributed by atoms with Crippen molar-refractivity contribution < 1.29 is 18.5 Å². The smallest absolute Gasteiger partial charge is 0.307 e. The van der Waals surface area contributed by atoms with Crippen molar-refractivity contribution in [3.8, 4) is 11.3 Å². The first-order valence-corrected chi connectivity index (χ1v) is 14.3. The molecule has 0 radical (unpaired) electrons. The van der Waals surface area contributed by atoms with Crippen LogP contribution in [0.2, 0.25) is 0 Å². The van der Waals surface area contributed by atoms with E-state index in [1.54, 1.807) is 13.8 Å². The fourth-order valence-electron chi connectivity index (χ4n) is 4.80. The third-order valence-electron chi connectivity index (χ3n) is 6.51.